The predicted molar refractivity (Wildman–Crippen MR) is 84.0 cm³/mol. The van der Waals surface area contributed by atoms with Crippen LogP contribution in [-0.2, 0) is 11.3 Å². The Balaban J connectivity index is 2.01. The molecule has 0 radical (unpaired) electrons. The number of benzene rings is 1. The molecule has 0 atom stereocenters. The summed E-state index contributed by atoms with van der Waals surface area (Å²) in [6, 6.07) is 5.47. The van der Waals surface area contributed by atoms with E-state index in [1.807, 2.05) is 19.1 Å². The van der Waals surface area contributed by atoms with Crippen LogP contribution < -0.4 is 5.56 Å². The van der Waals surface area contributed by atoms with Crippen molar-refractivity contribution in [2.75, 3.05) is 13.2 Å². The van der Waals surface area contributed by atoms with Crippen LogP contribution in [0.5, 0.6) is 0 Å². The smallest absolute Gasteiger partial charge is 0.277 e. The molecule has 0 bridgehead atoms. The molecule has 1 aromatic carbocycles. The zero-order chi connectivity index (χ0) is 14.8. The van der Waals surface area contributed by atoms with E-state index >= 15 is 0 Å². The van der Waals surface area contributed by atoms with Gasteiger partial charge >= 0.3 is 0 Å². The molecule has 110 valence electrons. The third-order valence-corrected chi connectivity index (χ3v) is 3.66. The lowest BCUT2D eigenvalue weighted by atomic mass is 10.2. The quantitative estimate of drug-likeness (QED) is 0.737. The van der Waals surface area contributed by atoms with Crippen molar-refractivity contribution in [3.05, 3.63) is 39.9 Å². The van der Waals surface area contributed by atoms with Crippen LogP contribution in [0.15, 0.2) is 29.3 Å². The number of nitrogens with one attached hydrogen (secondary N) is 1. The van der Waals surface area contributed by atoms with Crippen molar-refractivity contribution >= 4 is 33.5 Å². The Morgan fingerprint density at radius 2 is 2.29 bits per heavy atom. The number of hydrogen-bond acceptors (Lipinski definition) is 3. The molecule has 0 aliphatic carbocycles. The molecular weight excluding hydrogens is 290 g/mol. The summed E-state index contributed by atoms with van der Waals surface area (Å²) in [5.41, 5.74) is 1.99. The van der Waals surface area contributed by atoms with E-state index in [1.165, 1.54) is 0 Å². The molecule has 0 aliphatic heterocycles. The fourth-order valence-corrected chi connectivity index (χ4v) is 2.57. The Kier molecular flexibility index (Phi) is 3.94. The summed E-state index contributed by atoms with van der Waals surface area (Å²) in [5.74, 6) is 0. The number of ether oxygens (including phenoxy) is 1. The molecule has 1 N–H and O–H groups in total. The van der Waals surface area contributed by atoms with Crippen LogP contribution in [0.1, 0.15) is 13.3 Å². The van der Waals surface area contributed by atoms with Crippen molar-refractivity contribution in [3.63, 3.8) is 0 Å². The lowest BCUT2D eigenvalue weighted by molar-refractivity contribution is 0.141. The van der Waals surface area contributed by atoms with Gasteiger partial charge in [-0.3, -0.25) is 9.36 Å². The molecule has 0 unspecified atom stereocenters. The van der Waals surface area contributed by atoms with E-state index in [1.54, 1.807) is 17.0 Å². The van der Waals surface area contributed by atoms with Crippen LogP contribution >= 0.6 is 11.6 Å². The first-order valence-corrected chi connectivity index (χ1v) is 7.32. The van der Waals surface area contributed by atoms with Crippen LogP contribution in [0.2, 0.25) is 5.02 Å². The molecule has 2 heterocycles. The highest BCUT2D eigenvalue weighted by Gasteiger charge is 2.11. The van der Waals surface area contributed by atoms with E-state index in [2.05, 4.69) is 9.97 Å². The van der Waals surface area contributed by atoms with Gasteiger partial charge in [0, 0.05) is 35.7 Å². The maximum atomic E-state index is 12.5. The number of halogens is 1. The average molecular weight is 306 g/mol. The van der Waals surface area contributed by atoms with E-state index in [4.69, 9.17) is 16.3 Å². The molecule has 0 saturated carbocycles. The van der Waals surface area contributed by atoms with E-state index in [9.17, 15) is 4.79 Å². The first-order chi connectivity index (χ1) is 10.2. The third-order valence-electron chi connectivity index (χ3n) is 3.43. The minimum atomic E-state index is -0.0659. The summed E-state index contributed by atoms with van der Waals surface area (Å²) in [6.07, 6.45) is 2.37. The molecule has 0 aliphatic rings. The number of aryl methyl sites for hydroxylation is 1. The summed E-state index contributed by atoms with van der Waals surface area (Å²) in [4.78, 5) is 20.0. The van der Waals surface area contributed by atoms with E-state index in [-0.39, 0.29) is 5.56 Å². The normalized spacial score (nSPS) is 11.5. The zero-order valence-electron chi connectivity index (χ0n) is 11.7. The highest BCUT2D eigenvalue weighted by atomic mass is 35.5. The number of aromatic amines is 1. The van der Waals surface area contributed by atoms with Gasteiger partial charge in [-0.25, -0.2) is 4.98 Å². The van der Waals surface area contributed by atoms with E-state index in [0.717, 1.165) is 17.3 Å². The van der Waals surface area contributed by atoms with Gasteiger partial charge in [-0.2, -0.15) is 0 Å². The maximum Gasteiger partial charge on any atom is 0.277 e. The number of aromatic nitrogens is 3. The van der Waals surface area contributed by atoms with Gasteiger partial charge < -0.3 is 9.72 Å². The van der Waals surface area contributed by atoms with E-state index < -0.39 is 0 Å². The molecule has 5 nitrogen and oxygen atoms in total. The minimum Gasteiger partial charge on any atom is -0.382 e. The van der Waals surface area contributed by atoms with Crippen molar-refractivity contribution in [1.82, 2.24) is 14.5 Å². The Bertz CT molecular complexity index is 838. The van der Waals surface area contributed by atoms with E-state index in [0.29, 0.717) is 35.8 Å². The highest BCUT2D eigenvalue weighted by Crippen LogP contribution is 2.24. The van der Waals surface area contributed by atoms with Crippen LogP contribution in [0, 0.1) is 0 Å². The van der Waals surface area contributed by atoms with Crippen molar-refractivity contribution in [1.29, 1.82) is 0 Å². The van der Waals surface area contributed by atoms with Gasteiger partial charge in [-0.05, 0) is 31.5 Å². The molecule has 0 fully saturated rings. The first-order valence-electron chi connectivity index (χ1n) is 6.95. The molecule has 0 amide bonds. The maximum absolute atomic E-state index is 12.5. The van der Waals surface area contributed by atoms with Gasteiger partial charge in [-0.15, -0.1) is 0 Å². The number of rotatable bonds is 5. The van der Waals surface area contributed by atoms with Crippen LogP contribution in [0.3, 0.4) is 0 Å². The van der Waals surface area contributed by atoms with Gasteiger partial charge in [0.05, 0.1) is 6.33 Å². The predicted octanol–water partition coefficient (Wildman–Crippen LogP) is 2.96. The molecule has 0 spiro atoms. The zero-order valence-corrected chi connectivity index (χ0v) is 12.5. The van der Waals surface area contributed by atoms with Crippen molar-refractivity contribution in [3.8, 4) is 0 Å². The van der Waals surface area contributed by atoms with Gasteiger partial charge in [0.1, 0.15) is 11.0 Å². The lowest BCUT2D eigenvalue weighted by Gasteiger charge is -2.05. The number of H-pyrrole nitrogens is 1. The molecule has 3 rings (SSSR count). The van der Waals surface area contributed by atoms with Gasteiger partial charge in [0.15, 0.2) is 0 Å². The minimum absolute atomic E-state index is 0.0659. The second-order valence-electron chi connectivity index (χ2n) is 4.83. The summed E-state index contributed by atoms with van der Waals surface area (Å²) in [7, 11) is 0. The highest BCUT2D eigenvalue weighted by molar-refractivity contribution is 6.31. The van der Waals surface area contributed by atoms with Gasteiger partial charge in [0.2, 0.25) is 0 Å². The first kappa shape index (κ1) is 14.1. The molecular formula is C15H16ClN3O2. The number of fused-ring (bicyclic) bond motifs is 3. The molecule has 21 heavy (non-hydrogen) atoms. The molecule has 2 aromatic heterocycles. The fourth-order valence-electron chi connectivity index (χ4n) is 2.40. The van der Waals surface area contributed by atoms with Crippen LogP contribution in [0.25, 0.3) is 21.9 Å². The Labute approximate surface area is 126 Å². The van der Waals surface area contributed by atoms with Crippen molar-refractivity contribution < 1.29 is 4.74 Å². The van der Waals surface area contributed by atoms with Gasteiger partial charge in [0.25, 0.3) is 5.56 Å². The average Bonchev–Trinajstić information content (AvgIpc) is 2.84. The van der Waals surface area contributed by atoms with Crippen molar-refractivity contribution in [2.24, 2.45) is 0 Å². The van der Waals surface area contributed by atoms with Crippen molar-refractivity contribution in [2.45, 2.75) is 19.9 Å². The number of hydrogen-bond donors (Lipinski definition) is 1. The summed E-state index contributed by atoms with van der Waals surface area (Å²) in [6.45, 7) is 3.88. The Hall–Kier alpha value is -1.85. The van der Waals surface area contributed by atoms with Crippen LogP contribution in [-0.4, -0.2) is 27.7 Å². The second kappa shape index (κ2) is 5.87. The molecule has 0 saturated heterocycles. The topological polar surface area (TPSA) is 59.9 Å². The van der Waals surface area contributed by atoms with Crippen LogP contribution in [0.4, 0.5) is 0 Å². The summed E-state index contributed by atoms with van der Waals surface area (Å²) in [5, 5.41) is 1.50. The standard InChI is InChI=1S/C15H16ClN3O2/c1-2-21-7-3-6-19-9-17-13-11-8-10(16)4-5-12(11)18-14(13)15(19)20/h4-5,8-9,18H,2-3,6-7H2,1H3. The Morgan fingerprint density at radius 1 is 1.43 bits per heavy atom. The Morgan fingerprint density at radius 3 is 3.10 bits per heavy atom. The second-order valence-corrected chi connectivity index (χ2v) is 5.27. The SMILES string of the molecule is CCOCCCn1cnc2c([nH]c3ccc(Cl)cc32)c1=O. The largest absolute Gasteiger partial charge is 0.382 e. The monoisotopic (exact) mass is 305 g/mol. The number of nitrogens with zero attached hydrogens (tertiary/aromatic N) is 2. The lowest BCUT2D eigenvalue weighted by Crippen LogP contribution is -2.21. The fraction of sp³-hybridized carbons (Fsp3) is 0.333. The van der Waals surface area contributed by atoms with Gasteiger partial charge in [-0.1, -0.05) is 11.6 Å². The third kappa shape index (κ3) is 2.66. The molecule has 3 aromatic rings. The summed E-state index contributed by atoms with van der Waals surface area (Å²) >= 11 is 6.01. The summed E-state index contributed by atoms with van der Waals surface area (Å²) < 4.78 is 6.89. The molecule has 6 heteroatoms.